The van der Waals surface area contributed by atoms with Crippen LogP contribution in [0.25, 0.3) is 22.4 Å². The van der Waals surface area contributed by atoms with Gasteiger partial charge in [-0.1, -0.05) is 76.2 Å². The quantitative estimate of drug-likeness (QED) is 0.202. The molecule has 1 atom stereocenters. The number of aromatic nitrogens is 2. The van der Waals surface area contributed by atoms with Crippen LogP contribution in [0.2, 0.25) is 0 Å². The molecule has 5 nitrogen and oxygen atoms in total. The third kappa shape index (κ3) is 7.85. The number of aryl methyl sites for hydroxylation is 2. The molecule has 0 saturated carbocycles. The minimum absolute atomic E-state index is 0.646. The highest BCUT2D eigenvalue weighted by atomic mass is 14.9. The number of imidazole rings is 1. The maximum atomic E-state index is 4.72. The second-order valence-electron chi connectivity index (χ2n) is 10.1. The molecule has 2 heterocycles. The van der Waals surface area contributed by atoms with Crippen molar-refractivity contribution >= 4 is 29.1 Å². The van der Waals surface area contributed by atoms with Crippen LogP contribution in [0.5, 0.6) is 0 Å². The molecule has 0 bridgehead atoms. The summed E-state index contributed by atoms with van der Waals surface area (Å²) >= 11 is 0. The van der Waals surface area contributed by atoms with E-state index >= 15 is 0 Å². The Morgan fingerprint density at radius 1 is 1.00 bits per heavy atom. The number of anilines is 1. The molecule has 0 spiro atoms. The fraction of sp³-hybridized carbons (Fsp3) is 0.278. The van der Waals surface area contributed by atoms with Gasteiger partial charge in [-0.15, -0.1) is 0 Å². The molecule has 0 fully saturated rings. The normalized spacial score (nSPS) is 13.0. The molecule has 1 unspecified atom stereocenters. The van der Waals surface area contributed by atoms with Crippen LogP contribution in [0.3, 0.4) is 0 Å². The van der Waals surface area contributed by atoms with Crippen LogP contribution in [-0.4, -0.2) is 23.2 Å². The minimum atomic E-state index is 0.646. The largest absolute Gasteiger partial charge is 0.379 e. The van der Waals surface area contributed by atoms with E-state index in [0.717, 1.165) is 50.6 Å². The van der Waals surface area contributed by atoms with E-state index in [4.69, 9.17) is 4.98 Å². The van der Waals surface area contributed by atoms with Crippen LogP contribution in [0.4, 0.5) is 11.4 Å². The zero-order chi connectivity index (χ0) is 29.9. The number of para-hydroxylation sites is 2. The van der Waals surface area contributed by atoms with Gasteiger partial charge >= 0.3 is 0 Å². The molecule has 3 N–H and O–H groups in total. The van der Waals surface area contributed by atoms with Gasteiger partial charge in [0.2, 0.25) is 0 Å². The Morgan fingerprint density at radius 3 is 2.41 bits per heavy atom. The van der Waals surface area contributed by atoms with Gasteiger partial charge in [0.1, 0.15) is 5.82 Å². The summed E-state index contributed by atoms with van der Waals surface area (Å²) in [5.74, 6) is 1.54. The van der Waals surface area contributed by atoms with E-state index in [1.165, 1.54) is 23.1 Å². The second kappa shape index (κ2) is 14.8. The summed E-state index contributed by atoms with van der Waals surface area (Å²) in [6, 6.07) is 20.9. The molecule has 0 radical (unpaired) electrons. The number of allylic oxidation sites excluding steroid dienone is 2. The summed E-state index contributed by atoms with van der Waals surface area (Å²) in [5, 5.41) is 6.68. The lowest BCUT2D eigenvalue weighted by atomic mass is 9.97. The van der Waals surface area contributed by atoms with E-state index in [2.05, 4.69) is 104 Å². The fourth-order valence-corrected chi connectivity index (χ4v) is 4.69. The van der Waals surface area contributed by atoms with Crippen LogP contribution in [0.15, 0.2) is 101 Å². The lowest BCUT2D eigenvalue weighted by Gasteiger charge is -2.20. The zero-order valence-electron chi connectivity index (χ0n) is 25.7. The summed E-state index contributed by atoms with van der Waals surface area (Å²) in [6.45, 7) is 23.3. The number of benzene rings is 3. The molecule has 41 heavy (non-hydrogen) atoms. The Kier molecular flexibility index (Phi) is 11.3. The van der Waals surface area contributed by atoms with Crippen molar-refractivity contribution in [3.8, 4) is 11.4 Å². The number of fused-ring (bicyclic) bond motifs is 1. The average Bonchev–Trinajstić information content (AvgIpc) is 3.42. The number of dihydropyridines is 1. The van der Waals surface area contributed by atoms with Crippen molar-refractivity contribution in [3.05, 3.63) is 113 Å². The van der Waals surface area contributed by atoms with Crippen molar-refractivity contribution in [3.63, 3.8) is 0 Å². The molecule has 0 amide bonds. The van der Waals surface area contributed by atoms with Gasteiger partial charge in [-0.2, -0.15) is 0 Å². The Labute approximate surface area is 246 Å². The van der Waals surface area contributed by atoms with Gasteiger partial charge in [0.05, 0.1) is 22.4 Å². The van der Waals surface area contributed by atoms with Crippen molar-refractivity contribution < 1.29 is 0 Å². The molecule has 0 aliphatic carbocycles. The van der Waals surface area contributed by atoms with E-state index in [9.17, 15) is 0 Å². The summed E-state index contributed by atoms with van der Waals surface area (Å²) < 4.78 is 0. The first-order valence-electron chi connectivity index (χ1n) is 14.5. The second-order valence-corrected chi connectivity index (χ2v) is 10.1. The van der Waals surface area contributed by atoms with Crippen LogP contribution in [0.1, 0.15) is 63.6 Å². The molecule has 214 valence electrons. The predicted molar refractivity (Wildman–Crippen MR) is 179 cm³/mol. The highest BCUT2D eigenvalue weighted by molar-refractivity contribution is 5.83. The Bertz CT molecular complexity index is 1520. The Morgan fingerprint density at radius 2 is 1.76 bits per heavy atom. The highest BCUT2D eigenvalue weighted by Crippen LogP contribution is 2.34. The molecule has 1 aliphatic rings. The van der Waals surface area contributed by atoms with Gasteiger partial charge in [0.25, 0.3) is 0 Å². The van der Waals surface area contributed by atoms with Gasteiger partial charge < -0.3 is 15.6 Å². The van der Waals surface area contributed by atoms with Crippen LogP contribution in [-0.2, 0) is 0 Å². The number of rotatable bonds is 7. The molecule has 1 aromatic heterocycles. The topological polar surface area (TPSA) is 65.1 Å². The number of H-pyrrole nitrogens is 1. The number of nitrogens with one attached hydrogen (secondary N) is 3. The van der Waals surface area contributed by atoms with Gasteiger partial charge in [-0.3, -0.25) is 4.99 Å². The minimum Gasteiger partial charge on any atom is -0.379 e. The lowest BCUT2D eigenvalue weighted by molar-refractivity contribution is 0.733. The van der Waals surface area contributed by atoms with Crippen LogP contribution >= 0.6 is 0 Å². The van der Waals surface area contributed by atoms with E-state index in [1.54, 1.807) is 0 Å². The first-order valence-corrected chi connectivity index (χ1v) is 14.5. The smallest absolute Gasteiger partial charge is 0.138 e. The van der Waals surface area contributed by atoms with Crippen molar-refractivity contribution in [1.82, 2.24) is 15.3 Å². The van der Waals surface area contributed by atoms with E-state index < -0.39 is 0 Å². The van der Waals surface area contributed by atoms with Crippen molar-refractivity contribution in [2.24, 2.45) is 4.99 Å². The monoisotopic (exact) mass is 547 g/mol. The molecular weight excluding hydrogens is 502 g/mol. The van der Waals surface area contributed by atoms with Gasteiger partial charge in [0, 0.05) is 24.0 Å². The molecule has 1 aliphatic heterocycles. The van der Waals surface area contributed by atoms with E-state index in [-0.39, 0.29) is 0 Å². The molecule has 4 aromatic rings. The maximum Gasteiger partial charge on any atom is 0.138 e. The number of aromatic amines is 1. The third-order valence-electron chi connectivity index (χ3n) is 7.23. The zero-order valence-corrected chi connectivity index (χ0v) is 25.7. The molecule has 5 rings (SSSR count). The lowest BCUT2D eigenvalue weighted by Crippen LogP contribution is -2.17. The summed E-state index contributed by atoms with van der Waals surface area (Å²) in [4.78, 5) is 12.4. The first kappa shape index (κ1) is 31.2. The van der Waals surface area contributed by atoms with Crippen molar-refractivity contribution in [2.75, 3.05) is 11.9 Å². The first-order chi connectivity index (χ1) is 19.8. The van der Waals surface area contributed by atoms with E-state index in [1.807, 2.05) is 51.2 Å². The van der Waals surface area contributed by atoms with Crippen molar-refractivity contribution in [1.29, 1.82) is 0 Å². The summed E-state index contributed by atoms with van der Waals surface area (Å²) in [5.41, 5.74) is 11.9. The Balaban J connectivity index is 0.000000299. The summed E-state index contributed by atoms with van der Waals surface area (Å²) in [7, 11) is 0. The van der Waals surface area contributed by atoms with Crippen molar-refractivity contribution in [2.45, 2.75) is 60.8 Å². The van der Waals surface area contributed by atoms with E-state index in [0.29, 0.717) is 12.5 Å². The SMILES string of the molecule is C=Nc1c(C)cc(-c2nc3ccccc3[nH]2)cc1NCC1=C(C)C=CNC1=C.CC.CCC(C)c1cccc(C)c1. The molecule has 3 aromatic carbocycles. The number of nitrogens with zero attached hydrogens (tertiary/aromatic N) is 2. The highest BCUT2D eigenvalue weighted by Gasteiger charge is 2.14. The van der Waals surface area contributed by atoms with Gasteiger partial charge in [-0.05, 0) is 92.4 Å². The average molecular weight is 548 g/mol. The molecular formula is C36H45N5. The van der Waals surface area contributed by atoms with Gasteiger partial charge in [0.15, 0.2) is 0 Å². The van der Waals surface area contributed by atoms with Gasteiger partial charge in [-0.25, -0.2) is 4.98 Å². The summed E-state index contributed by atoms with van der Waals surface area (Å²) in [6.07, 6.45) is 5.18. The van der Waals surface area contributed by atoms with Crippen LogP contribution < -0.4 is 10.6 Å². The number of hydrogen-bond acceptors (Lipinski definition) is 4. The molecule has 5 heteroatoms. The molecule has 0 saturated heterocycles. The predicted octanol–water partition coefficient (Wildman–Crippen LogP) is 9.76. The standard InChI is InChI=1S/C23H23N5.C11H16.C2H6/c1-14-9-10-25-16(3)18(14)13-26-21-12-17(11-15(2)22(21)24-4)23-27-19-7-5-6-8-20(19)28-23;1-4-10(3)11-7-5-6-9(2)8-11;1-2/h5-12,25-26H,3-4,13H2,1-2H3,(H,27,28);5-8,10H,4H2,1-3H3;1-2H3. The number of aliphatic imine (C=N–C) groups is 1. The number of hydrogen-bond donors (Lipinski definition) is 3. The fourth-order valence-electron chi connectivity index (χ4n) is 4.69. The maximum absolute atomic E-state index is 4.72. The van der Waals surface area contributed by atoms with Crippen LogP contribution in [0, 0.1) is 13.8 Å². The third-order valence-corrected chi connectivity index (χ3v) is 7.23. The Hall–Kier alpha value is -4.38.